The number of sulfone groups is 1. The van der Waals surface area contributed by atoms with Crippen LogP contribution in [0.15, 0.2) is 52.8 Å². The van der Waals surface area contributed by atoms with Crippen LogP contribution >= 0.6 is 0 Å². The number of phenols is 1. The Balaban J connectivity index is 1.88. The Labute approximate surface area is 122 Å². The molecule has 0 fully saturated rings. The fraction of sp³-hybridized carbons (Fsp3) is 0.0667. The number of hydrogen-bond donors (Lipinski definition) is 2. The first-order chi connectivity index (χ1) is 9.97. The van der Waals surface area contributed by atoms with Gasteiger partial charge in [-0.3, -0.25) is 0 Å². The van der Waals surface area contributed by atoms with Gasteiger partial charge in [-0.15, -0.1) is 0 Å². The second-order valence-corrected chi connectivity index (χ2v) is 6.43. The highest BCUT2D eigenvalue weighted by Gasteiger charge is 2.29. The lowest BCUT2D eigenvalue weighted by molar-refractivity contribution is 0.368. The number of nitrogens with two attached hydrogens (primary N) is 1. The second-order valence-electron chi connectivity index (χ2n) is 4.69. The molecule has 2 aromatic carbocycles. The predicted octanol–water partition coefficient (Wildman–Crippen LogP) is 2.18. The minimum Gasteiger partial charge on any atom is -0.508 e. The van der Waals surface area contributed by atoms with Gasteiger partial charge in [-0.2, -0.15) is 0 Å². The van der Waals surface area contributed by atoms with Crippen molar-refractivity contribution in [2.45, 2.75) is 4.90 Å². The van der Waals surface area contributed by atoms with Crippen molar-refractivity contribution in [2.24, 2.45) is 0 Å². The lowest BCUT2D eigenvalue weighted by atomic mass is 10.1. The predicted molar refractivity (Wildman–Crippen MR) is 79.6 cm³/mol. The number of hydrogen-bond acceptors (Lipinski definition) is 5. The van der Waals surface area contributed by atoms with Crippen LogP contribution in [0.1, 0.15) is 5.56 Å². The Morgan fingerprint density at radius 2 is 1.81 bits per heavy atom. The molecule has 21 heavy (non-hydrogen) atoms. The molecule has 1 aliphatic rings. The summed E-state index contributed by atoms with van der Waals surface area (Å²) >= 11 is 0. The standard InChI is InChI=1S/C15H13NO4S/c16-14-3-1-2-13-10(9-21(18,19)15(13)14)8-20-12-6-4-11(17)5-7-12/h1-7,9,17H,8,16H2. The van der Waals surface area contributed by atoms with Crippen molar-refractivity contribution in [3.05, 3.63) is 53.4 Å². The van der Waals surface area contributed by atoms with E-state index in [0.29, 0.717) is 16.9 Å². The first-order valence-corrected chi connectivity index (χ1v) is 7.78. The van der Waals surface area contributed by atoms with E-state index in [9.17, 15) is 13.5 Å². The van der Waals surface area contributed by atoms with E-state index < -0.39 is 9.84 Å². The van der Waals surface area contributed by atoms with Gasteiger partial charge in [-0.05, 0) is 30.3 Å². The van der Waals surface area contributed by atoms with Crippen LogP contribution in [0.4, 0.5) is 5.69 Å². The summed E-state index contributed by atoms with van der Waals surface area (Å²) in [5.74, 6) is 0.687. The summed E-state index contributed by atoms with van der Waals surface area (Å²) in [5, 5.41) is 10.4. The topological polar surface area (TPSA) is 89.6 Å². The molecule has 6 heteroatoms. The van der Waals surface area contributed by atoms with Crippen LogP contribution in [0.5, 0.6) is 11.5 Å². The molecule has 0 aromatic heterocycles. The molecule has 1 aliphatic heterocycles. The molecule has 0 atom stereocenters. The largest absolute Gasteiger partial charge is 0.508 e. The van der Waals surface area contributed by atoms with E-state index in [1.165, 1.54) is 17.5 Å². The third-order valence-electron chi connectivity index (χ3n) is 3.20. The zero-order valence-corrected chi connectivity index (χ0v) is 11.8. The fourth-order valence-electron chi connectivity index (χ4n) is 2.25. The summed E-state index contributed by atoms with van der Waals surface area (Å²) in [6.45, 7) is 0.112. The summed E-state index contributed by atoms with van der Waals surface area (Å²) in [6, 6.07) is 11.2. The zero-order chi connectivity index (χ0) is 15.0. The molecular formula is C15H13NO4S. The van der Waals surface area contributed by atoms with E-state index in [2.05, 4.69) is 0 Å². The van der Waals surface area contributed by atoms with E-state index in [1.807, 2.05) is 0 Å². The average molecular weight is 303 g/mol. The first-order valence-electron chi connectivity index (χ1n) is 6.24. The number of phenolic OH excluding ortho intramolecular Hbond substituents is 1. The smallest absolute Gasteiger partial charge is 0.202 e. The van der Waals surface area contributed by atoms with Crippen molar-refractivity contribution in [3.8, 4) is 11.5 Å². The molecule has 108 valence electrons. The van der Waals surface area contributed by atoms with Gasteiger partial charge in [0.2, 0.25) is 9.84 Å². The number of ether oxygens (including phenoxy) is 1. The van der Waals surface area contributed by atoms with Crippen molar-refractivity contribution in [3.63, 3.8) is 0 Å². The Morgan fingerprint density at radius 3 is 2.52 bits per heavy atom. The van der Waals surface area contributed by atoms with Crippen molar-refractivity contribution in [1.82, 2.24) is 0 Å². The molecule has 0 saturated carbocycles. The van der Waals surface area contributed by atoms with Crippen LogP contribution in [0, 0.1) is 0 Å². The number of rotatable bonds is 3. The number of fused-ring (bicyclic) bond motifs is 1. The Bertz CT molecular complexity index is 823. The van der Waals surface area contributed by atoms with Crippen LogP contribution in [-0.4, -0.2) is 20.1 Å². The first kappa shape index (κ1) is 13.5. The van der Waals surface area contributed by atoms with Crippen LogP contribution in [0.3, 0.4) is 0 Å². The minimum atomic E-state index is -3.50. The van der Waals surface area contributed by atoms with Gasteiger partial charge in [-0.1, -0.05) is 12.1 Å². The van der Waals surface area contributed by atoms with Crippen LogP contribution in [0.25, 0.3) is 5.57 Å². The SMILES string of the molecule is Nc1cccc2c1S(=O)(=O)C=C2COc1ccc(O)cc1. The molecule has 0 saturated heterocycles. The lowest BCUT2D eigenvalue weighted by Crippen LogP contribution is -2.01. The van der Waals surface area contributed by atoms with Crippen molar-refractivity contribution in [2.75, 3.05) is 12.3 Å². The fourth-order valence-corrected chi connectivity index (χ4v) is 3.84. The average Bonchev–Trinajstić information content (AvgIpc) is 2.71. The van der Waals surface area contributed by atoms with E-state index in [0.717, 1.165) is 0 Å². The number of benzene rings is 2. The Morgan fingerprint density at radius 1 is 1.10 bits per heavy atom. The lowest BCUT2D eigenvalue weighted by Gasteiger charge is -2.08. The summed E-state index contributed by atoms with van der Waals surface area (Å²) < 4.78 is 29.7. The molecule has 0 aliphatic carbocycles. The third-order valence-corrected chi connectivity index (χ3v) is 4.82. The minimum absolute atomic E-state index is 0.112. The van der Waals surface area contributed by atoms with E-state index >= 15 is 0 Å². The molecule has 2 aromatic rings. The van der Waals surface area contributed by atoms with Crippen LogP contribution in [0.2, 0.25) is 0 Å². The Hall–Kier alpha value is -2.47. The molecule has 3 rings (SSSR count). The summed E-state index contributed by atoms with van der Waals surface area (Å²) in [5.41, 5.74) is 7.13. The number of anilines is 1. The molecule has 0 bridgehead atoms. The highest BCUT2D eigenvalue weighted by Crippen LogP contribution is 2.37. The third kappa shape index (κ3) is 2.45. The number of aromatic hydroxyl groups is 1. The maximum atomic E-state index is 12.1. The normalized spacial score (nSPS) is 15.3. The van der Waals surface area contributed by atoms with Gasteiger partial charge in [0.1, 0.15) is 23.0 Å². The quantitative estimate of drug-likeness (QED) is 0.848. The van der Waals surface area contributed by atoms with Gasteiger partial charge in [-0.25, -0.2) is 8.42 Å². The van der Waals surface area contributed by atoms with Gasteiger partial charge < -0.3 is 15.6 Å². The van der Waals surface area contributed by atoms with Gasteiger partial charge in [0.25, 0.3) is 0 Å². The molecule has 3 N–H and O–H groups in total. The van der Waals surface area contributed by atoms with Crippen LogP contribution in [-0.2, 0) is 9.84 Å². The monoisotopic (exact) mass is 303 g/mol. The van der Waals surface area contributed by atoms with Gasteiger partial charge >= 0.3 is 0 Å². The van der Waals surface area contributed by atoms with Crippen LogP contribution < -0.4 is 10.5 Å². The molecule has 1 heterocycles. The molecule has 0 unspecified atom stereocenters. The summed E-state index contributed by atoms with van der Waals surface area (Å²) in [6.07, 6.45) is 0. The summed E-state index contributed by atoms with van der Waals surface area (Å²) in [7, 11) is -3.50. The summed E-state index contributed by atoms with van der Waals surface area (Å²) in [4.78, 5) is 0.148. The second kappa shape index (κ2) is 4.82. The van der Waals surface area contributed by atoms with Gasteiger partial charge in [0.05, 0.1) is 5.69 Å². The molecule has 0 spiro atoms. The van der Waals surface area contributed by atoms with Gasteiger partial charge in [0, 0.05) is 16.5 Å². The van der Waals surface area contributed by atoms with Crippen molar-refractivity contribution in [1.29, 1.82) is 0 Å². The molecule has 5 nitrogen and oxygen atoms in total. The molecule has 0 radical (unpaired) electrons. The molecule has 0 amide bonds. The highest BCUT2D eigenvalue weighted by molar-refractivity contribution is 7.95. The maximum absolute atomic E-state index is 12.1. The Kier molecular flexibility index (Phi) is 3.10. The van der Waals surface area contributed by atoms with E-state index in [4.69, 9.17) is 10.5 Å². The van der Waals surface area contributed by atoms with E-state index in [1.54, 1.807) is 30.3 Å². The maximum Gasteiger partial charge on any atom is 0.202 e. The number of nitrogen functional groups attached to an aromatic ring is 1. The molecular weight excluding hydrogens is 290 g/mol. The zero-order valence-electron chi connectivity index (χ0n) is 11.0. The van der Waals surface area contributed by atoms with Crippen molar-refractivity contribution < 1.29 is 18.3 Å². The van der Waals surface area contributed by atoms with Crippen molar-refractivity contribution >= 4 is 21.1 Å². The van der Waals surface area contributed by atoms with Gasteiger partial charge in [0.15, 0.2) is 0 Å². The highest BCUT2D eigenvalue weighted by atomic mass is 32.2. The van der Waals surface area contributed by atoms with E-state index in [-0.39, 0.29) is 22.9 Å².